The van der Waals surface area contributed by atoms with Crippen molar-refractivity contribution in [1.29, 1.82) is 0 Å². The van der Waals surface area contributed by atoms with Gasteiger partial charge in [0.05, 0.1) is 4.92 Å². The number of hydrogen-bond donors (Lipinski definition) is 3. The van der Waals surface area contributed by atoms with Crippen LogP contribution in [0, 0.1) is 10.1 Å². The Kier molecular flexibility index (Phi) is 3.70. The molecule has 0 aliphatic carbocycles. The van der Waals surface area contributed by atoms with Gasteiger partial charge in [-0.1, -0.05) is 0 Å². The van der Waals surface area contributed by atoms with Gasteiger partial charge in [0.15, 0.2) is 0 Å². The minimum atomic E-state index is -0.610. The number of amides is 1. The lowest BCUT2D eigenvalue weighted by atomic mass is 10.0. The number of carbonyl (C=O) groups excluding carboxylic acids is 1. The number of primary amides is 1. The summed E-state index contributed by atoms with van der Waals surface area (Å²) in [5, 5.41) is 13.5. The highest BCUT2D eigenvalue weighted by atomic mass is 16.6. The number of aromatic nitrogens is 1. The Morgan fingerprint density at radius 3 is 2.61 bits per heavy atom. The molecule has 18 heavy (non-hydrogen) atoms. The Balaban J connectivity index is 2.89. The van der Waals surface area contributed by atoms with Crippen molar-refractivity contribution in [3.05, 3.63) is 22.2 Å². The van der Waals surface area contributed by atoms with E-state index in [-0.39, 0.29) is 17.9 Å². The Labute approximate surface area is 104 Å². The quantitative estimate of drug-likeness (QED) is 0.520. The van der Waals surface area contributed by atoms with Gasteiger partial charge in [-0.2, -0.15) is 0 Å². The van der Waals surface area contributed by atoms with Crippen LogP contribution in [0.5, 0.6) is 0 Å². The van der Waals surface area contributed by atoms with E-state index in [4.69, 9.17) is 11.5 Å². The van der Waals surface area contributed by atoms with Crippen LogP contribution in [0.25, 0.3) is 0 Å². The lowest BCUT2D eigenvalue weighted by molar-refractivity contribution is -0.384. The van der Waals surface area contributed by atoms with E-state index >= 15 is 0 Å². The second-order valence-electron chi connectivity index (χ2n) is 4.51. The molecular weight excluding hydrogens is 238 g/mol. The average molecular weight is 253 g/mol. The maximum absolute atomic E-state index is 10.9. The van der Waals surface area contributed by atoms with Crippen molar-refractivity contribution < 1.29 is 9.72 Å². The molecule has 1 heterocycles. The van der Waals surface area contributed by atoms with E-state index < -0.39 is 16.4 Å². The van der Waals surface area contributed by atoms with Gasteiger partial charge in [-0.25, -0.2) is 4.98 Å². The van der Waals surface area contributed by atoms with E-state index in [0.717, 1.165) is 0 Å². The number of nitro groups is 1. The van der Waals surface area contributed by atoms with Gasteiger partial charge in [0, 0.05) is 18.0 Å². The van der Waals surface area contributed by atoms with E-state index in [1.807, 2.05) is 0 Å². The van der Waals surface area contributed by atoms with Gasteiger partial charge in [0.25, 0.3) is 0 Å². The van der Waals surface area contributed by atoms with E-state index in [1.165, 1.54) is 12.1 Å². The first-order chi connectivity index (χ1) is 8.21. The molecule has 0 aliphatic heterocycles. The highest BCUT2D eigenvalue weighted by molar-refractivity contribution is 5.75. The molecule has 0 saturated heterocycles. The number of hydrogen-bond acceptors (Lipinski definition) is 6. The molecule has 0 atom stereocenters. The molecule has 1 rings (SSSR count). The fraction of sp³-hybridized carbons (Fsp3) is 0.400. The van der Waals surface area contributed by atoms with Gasteiger partial charge in [0.1, 0.15) is 5.82 Å². The van der Waals surface area contributed by atoms with Gasteiger partial charge in [0.2, 0.25) is 11.7 Å². The molecule has 0 saturated carbocycles. The van der Waals surface area contributed by atoms with Gasteiger partial charge < -0.3 is 16.8 Å². The van der Waals surface area contributed by atoms with Crippen molar-refractivity contribution in [2.45, 2.75) is 25.8 Å². The second-order valence-corrected chi connectivity index (χ2v) is 4.51. The highest BCUT2D eigenvalue weighted by Gasteiger charge is 2.22. The molecule has 0 aromatic carbocycles. The van der Waals surface area contributed by atoms with Crippen molar-refractivity contribution in [2.75, 3.05) is 11.1 Å². The Hall–Kier alpha value is -2.38. The van der Waals surface area contributed by atoms with E-state index in [0.29, 0.717) is 5.82 Å². The molecule has 0 aliphatic rings. The van der Waals surface area contributed by atoms with Crippen molar-refractivity contribution in [1.82, 2.24) is 4.98 Å². The van der Waals surface area contributed by atoms with Crippen molar-refractivity contribution in [3.63, 3.8) is 0 Å². The summed E-state index contributed by atoms with van der Waals surface area (Å²) in [6.07, 6.45) is 0.103. The van der Waals surface area contributed by atoms with Crippen LogP contribution in [-0.4, -0.2) is 21.4 Å². The predicted molar refractivity (Wildman–Crippen MR) is 66.8 cm³/mol. The summed E-state index contributed by atoms with van der Waals surface area (Å²) in [5.74, 6) is -0.286. The summed E-state index contributed by atoms with van der Waals surface area (Å²) in [4.78, 5) is 24.7. The van der Waals surface area contributed by atoms with Gasteiger partial charge in [-0.05, 0) is 19.9 Å². The molecule has 5 N–H and O–H groups in total. The Bertz CT molecular complexity index is 486. The van der Waals surface area contributed by atoms with E-state index in [2.05, 4.69) is 10.3 Å². The van der Waals surface area contributed by atoms with Crippen molar-refractivity contribution >= 4 is 23.2 Å². The molecular formula is C10H15N5O3. The summed E-state index contributed by atoms with van der Waals surface area (Å²) in [6.45, 7) is 3.52. The maximum atomic E-state index is 10.9. The van der Waals surface area contributed by atoms with Crippen LogP contribution < -0.4 is 16.8 Å². The van der Waals surface area contributed by atoms with Crippen LogP contribution in [0.15, 0.2) is 12.1 Å². The zero-order valence-corrected chi connectivity index (χ0v) is 10.1. The first-order valence-corrected chi connectivity index (χ1v) is 5.19. The van der Waals surface area contributed by atoms with Gasteiger partial charge in [-0.3, -0.25) is 14.9 Å². The standard InChI is InChI=1S/C10H15N5O3/c1-10(2,5-7(11)16)14-8-4-3-6(15(17)18)9(12)13-8/h3-4H,5H2,1-2H3,(H2,11,16)(H3,12,13,14). The largest absolute Gasteiger partial charge is 0.378 e. The number of nitrogens with zero attached hydrogens (tertiary/aromatic N) is 2. The molecule has 1 aromatic heterocycles. The normalized spacial score (nSPS) is 11.0. The van der Waals surface area contributed by atoms with Crippen molar-refractivity contribution in [2.24, 2.45) is 5.73 Å². The fourth-order valence-corrected chi connectivity index (χ4v) is 1.52. The molecule has 1 aromatic rings. The van der Waals surface area contributed by atoms with E-state index in [9.17, 15) is 14.9 Å². The predicted octanol–water partition coefficient (Wildman–Crippen LogP) is 0.638. The van der Waals surface area contributed by atoms with Crippen molar-refractivity contribution in [3.8, 4) is 0 Å². The lowest BCUT2D eigenvalue weighted by Gasteiger charge is -2.25. The van der Waals surface area contributed by atoms with Crippen LogP contribution in [-0.2, 0) is 4.79 Å². The molecule has 0 spiro atoms. The smallest absolute Gasteiger partial charge is 0.311 e. The summed E-state index contributed by atoms with van der Waals surface area (Å²) in [7, 11) is 0. The summed E-state index contributed by atoms with van der Waals surface area (Å²) < 4.78 is 0. The van der Waals surface area contributed by atoms with Crippen LogP contribution >= 0.6 is 0 Å². The number of pyridine rings is 1. The molecule has 0 radical (unpaired) electrons. The highest BCUT2D eigenvalue weighted by Crippen LogP contribution is 2.23. The monoisotopic (exact) mass is 253 g/mol. The van der Waals surface area contributed by atoms with Gasteiger partial charge >= 0.3 is 5.69 Å². The third-order valence-corrected chi connectivity index (χ3v) is 2.18. The first kappa shape index (κ1) is 13.7. The number of rotatable bonds is 5. The molecule has 8 heteroatoms. The molecule has 0 fully saturated rings. The molecule has 1 amide bonds. The maximum Gasteiger partial charge on any atom is 0.311 e. The molecule has 0 bridgehead atoms. The lowest BCUT2D eigenvalue weighted by Crippen LogP contribution is -2.36. The Morgan fingerprint density at radius 1 is 1.56 bits per heavy atom. The average Bonchev–Trinajstić information content (AvgIpc) is 2.13. The number of anilines is 2. The van der Waals surface area contributed by atoms with Crippen LogP contribution in [0.2, 0.25) is 0 Å². The van der Waals surface area contributed by atoms with E-state index in [1.54, 1.807) is 13.8 Å². The van der Waals surface area contributed by atoms with Gasteiger partial charge in [-0.15, -0.1) is 0 Å². The first-order valence-electron chi connectivity index (χ1n) is 5.19. The number of nitrogens with one attached hydrogen (secondary N) is 1. The number of nitrogens with two attached hydrogens (primary N) is 2. The fourth-order valence-electron chi connectivity index (χ4n) is 1.52. The third-order valence-electron chi connectivity index (χ3n) is 2.18. The molecule has 98 valence electrons. The zero-order chi connectivity index (χ0) is 13.9. The number of carbonyl (C=O) groups is 1. The topological polar surface area (TPSA) is 137 Å². The second kappa shape index (κ2) is 4.86. The minimum absolute atomic E-state index is 0.103. The number of nitrogen functional groups attached to an aromatic ring is 1. The molecule has 8 nitrogen and oxygen atoms in total. The third kappa shape index (κ3) is 3.58. The summed E-state index contributed by atoms with van der Waals surface area (Å²) in [5.41, 5.74) is 9.70. The Morgan fingerprint density at radius 2 is 2.17 bits per heavy atom. The minimum Gasteiger partial charge on any atom is -0.378 e. The molecule has 0 unspecified atom stereocenters. The summed E-state index contributed by atoms with van der Waals surface area (Å²) in [6, 6.07) is 2.68. The SMILES string of the molecule is CC(C)(CC(N)=O)Nc1ccc([N+](=O)[O-])c(N)n1. The summed E-state index contributed by atoms with van der Waals surface area (Å²) >= 11 is 0. The van der Waals surface area contributed by atoms with Crippen LogP contribution in [0.1, 0.15) is 20.3 Å². The van der Waals surface area contributed by atoms with Crippen LogP contribution in [0.4, 0.5) is 17.3 Å². The van der Waals surface area contributed by atoms with Crippen LogP contribution in [0.3, 0.4) is 0 Å². The zero-order valence-electron chi connectivity index (χ0n) is 10.1.